The van der Waals surface area contributed by atoms with Crippen molar-refractivity contribution in [3.8, 4) is 0 Å². The molecule has 0 aromatic heterocycles. The van der Waals surface area contributed by atoms with Crippen LogP contribution in [0.25, 0.3) is 0 Å². The average molecular weight is 168 g/mol. The Morgan fingerprint density at radius 2 is 1.18 bits per heavy atom. The van der Waals surface area contributed by atoms with E-state index in [1.165, 1.54) is 13.8 Å². The molecule has 0 aliphatic heterocycles. The lowest BCUT2D eigenvalue weighted by molar-refractivity contribution is -0.0921. The zero-order valence-electron chi connectivity index (χ0n) is 7.63. The van der Waals surface area contributed by atoms with E-state index in [0.29, 0.717) is 5.57 Å². The Hall–Kier alpha value is -0.470. The fourth-order valence-electron chi connectivity index (χ4n) is 0.283. The van der Waals surface area contributed by atoms with Crippen molar-refractivity contribution >= 4 is 0 Å². The Kier molecular flexibility index (Phi) is 6.23. The largest absolute Gasteiger partial charge is 0.412 e. The van der Waals surface area contributed by atoms with E-state index in [-0.39, 0.29) is 0 Å². The van der Waals surface area contributed by atoms with Crippen molar-refractivity contribution in [3.63, 3.8) is 0 Å². The molecule has 0 aromatic carbocycles. The highest BCUT2D eigenvalue weighted by Crippen LogP contribution is 2.26. The van der Waals surface area contributed by atoms with Crippen LogP contribution in [-0.4, -0.2) is 6.18 Å². The summed E-state index contributed by atoms with van der Waals surface area (Å²) in [4.78, 5) is 0. The quantitative estimate of drug-likeness (QED) is 0.481. The van der Waals surface area contributed by atoms with Crippen LogP contribution in [0.5, 0.6) is 0 Å². The molecule has 0 aromatic rings. The first kappa shape index (κ1) is 13.1. The average Bonchev–Trinajstić information content (AvgIpc) is 1.89. The number of halogens is 3. The first-order valence-corrected chi connectivity index (χ1v) is 3.57. The molecule has 0 amide bonds. The third-order valence-electron chi connectivity index (χ3n) is 1.18. The first-order valence-electron chi connectivity index (χ1n) is 3.57. The summed E-state index contributed by atoms with van der Waals surface area (Å²) in [6, 6.07) is 0. The number of hydrogen-bond acceptors (Lipinski definition) is 0. The van der Waals surface area contributed by atoms with Crippen LogP contribution in [0.4, 0.5) is 13.2 Å². The normalized spacial score (nSPS) is 9.82. The highest BCUT2D eigenvalue weighted by atomic mass is 19.4. The second-order valence-corrected chi connectivity index (χ2v) is 2.12. The van der Waals surface area contributed by atoms with Crippen LogP contribution in [-0.2, 0) is 0 Å². The van der Waals surface area contributed by atoms with E-state index >= 15 is 0 Å². The fraction of sp³-hybridized carbons (Fsp3) is 0.750. The van der Waals surface area contributed by atoms with Gasteiger partial charge in [-0.25, -0.2) is 0 Å². The number of alkyl halides is 3. The molecule has 0 saturated carbocycles. The molecule has 0 heterocycles. The molecule has 0 rings (SSSR count). The Morgan fingerprint density at radius 3 is 1.18 bits per heavy atom. The van der Waals surface area contributed by atoms with Gasteiger partial charge in [0.15, 0.2) is 0 Å². The van der Waals surface area contributed by atoms with E-state index in [9.17, 15) is 13.2 Å². The topological polar surface area (TPSA) is 0 Å². The van der Waals surface area contributed by atoms with E-state index in [2.05, 4.69) is 0 Å². The van der Waals surface area contributed by atoms with Crippen LogP contribution in [0.2, 0.25) is 0 Å². The molecule has 0 radical (unpaired) electrons. The van der Waals surface area contributed by atoms with Gasteiger partial charge in [-0.15, -0.1) is 0 Å². The van der Waals surface area contributed by atoms with Crippen LogP contribution in [0.1, 0.15) is 34.6 Å². The summed E-state index contributed by atoms with van der Waals surface area (Å²) >= 11 is 0. The van der Waals surface area contributed by atoms with E-state index < -0.39 is 11.7 Å². The van der Waals surface area contributed by atoms with E-state index in [4.69, 9.17) is 0 Å². The number of hydrogen-bond donors (Lipinski definition) is 0. The molecular weight excluding hydrogens is 153 g/mol. The lowest BCUT2D eigenvalue weighted by Crippen LogP contribution is -2.09. The first-order chi connectivity index (χ1) is 4.85. The lowest BCUT2D eigenvalue weighted by atomic mass is 10.2. The zero-order chi connectivity index (χ0) is 9.65. The molecule has 0 nitrogen and oxygen atoms in total. The number of allylic oxidation sites excluding steroid dienone is 2. The van der Waals surface area contributed by atoms with Crippen molar-refractivity contribution in [2.24, 2.45) is 0 Å². The van der Waals surface area contributed by atoms with Crippen molar-refractivity contribution in [1.82, 2.24) is 0 Å². The van der Waals surface area contributed by atoms with Gasteiger partial charge in [-0.2, -0.15) is 13.2 Å². The second-order valence-electron chi connectivity index (χ2n) is 2.12. The Labute approximate surface area is 66.1 Å². The van der Waals surface area contributed by atoms with Crippen molar-refractivity contribution in [2.75, 3.05) is 0 Å². The maximum Gasteiger partial charge on any atom is 0.412 e. The smallest absolute Gasteiger partial charge is 0.166 e. The van der Waals surface area contributed by atoms with Gasteiger partial charge in [0, 0.05) is 5.57 Å². The monoisotopic (exact) mass is 168 g/mol. The zero-order valence-corrected chi connectivity index (χ0v) is 7.63. The van der Waals surface area contributed by atoms with E-state index in [0.717, 1.165) is 6.92 Å². The molecule has 11 heavy (non-hydrogen) atoms. The highest BCUT2D eigenvalue weighted by Gasteiger charge is 2.30. The molecule has 68 valence electrons. The van der Waals surface area contributed by atoms with Gasteiger partial charge in [-0.05, 0) is 20.8 Å². The minimum Gasteiger partial charge on any atom is -0.166 e. The van der Waals surface area contributed by atoms with Crippen molar-refractivity contribution in [2.45, 2.75) is 40.8 Å². The van der Waals surface area contributed by atoms with Gasteiger partial charge in [-0.1, -0.05) is 19.4 Å². The summed E-state index contributed by atoms with van der Waals surface area (Å²) in [6.07, 6.45) is -4.14. The van der Waals surface area contributed by atoms with Gasteiger partial charge in [0.1, 0.15) is 0 Å². The fourth-order valence-corrected chi connectivity index (χ4v) is 0.283. The molecule has 0 aliphatic rings. The summed E-state index contributed by atoms with van der Waals surface area (Å²) in [5.41, 5.74) is -0.176. The molecule has 0 N–H and O–H groups in total. The molecular formula is C8H15F3. The van der Waals surface area contributed by atoms with Crippen molar-refractivity contribution in [3.05, 3.63) is 11.1 Å². The Bertz CT molecular complexity index is 127. The summed E-state index contributed by atoms with van der Waals surface area (Å²) in [5, 5.41) is 0. The second kappa shape index (κ2) is 5.22. The Balaban J connectivity index is 0. The molecule has 3 heteroatoms. The van der Waals surface area contributed by atoms with Crippen LogP contribution < -0.4 is 0 Å². The standard InChI is InChI=1S/C6H9F3.C2H6/c1-4(2)5(3)6(7,8)9;1-2/h1-3H3;1-2H3. The van der Waals surface area contributed by atoms with E-state index in [1.54, 1.807) is 0 Å². The summed E-state index contributed by atoms with van der Waals surface area (Å²) in [6.45, 7) is 7.97. The molecule has 0 fully saturated rings. The summed E-state index contributed by atoms with van der Waals surface area (Å²) < 4.78 is 34.9. The van der Waals surface area contributed by atoms with Gasteiger partial charge in [0.2, 0.25) is 0 Å². The van der Waals surface area contributed by atoms with Gasteiger partial charge < -0.3 is 0 Å². The summed E-state index contributed by atoms with van der Waals surface area (Å²) in [5.74, 6) is 0. The maximum atomic E-state index is 11.6. The van der Waals surface area contributed by atoms with Crippen LogP contribution >= 0.6 is 0 Å². The maximum absolute atomic E-state index is 11.6. The molecule has 0 bridgehead atoms. The molecule has 0 unspecified atom stereocenters. The van der Waals surface area contributed by atoms with Gasteiger partial charge >= 0.3 is 6.18 Å². The minimum atomic E-state index is -4.14. The minimum absolute atomic E-state index is 0.322. The van der Waals surface area contributed by atoms with Crippen molar-refractivity contribution < 1.29 is 13.2 Å². The van der Waals surface area contributed by atoms with Gasteiger partial charge in [0.25, 0.3) is 0 Å². The predicted octanol–water partition coefficient (Wildman–Crippen LogP) is 3.93. The third-order valence-corrected chi connectivity index (χ3v) is 1.18. The lowest BCUT2D eigenvalue weighted by Gasteiger charge is -2.07. The van der Waals surface area contributed by atoms with Gasteiger partial charge in [0.05, 0.1) is 0 Å². The summed E-state index contributed by atoms with van der Waals surface area (Å²) in [7, 11) is 0. The highest BCUT2D eigenvalue weighted by molar-refractivity contribution is 5.11. The molecule has 0 aliphatic carbocycles. The molecule has 0 atom stereocenters. The predicted molar refractivity (Wildman–Crippen MR) is 41.5 cm³/mol. The van der Waals surface area contributed by atoms with Crippen molar-refractivity contribution in [1.29, 1.82) is 0 Å². The SMILES string of the molecule is CC.CC(C)=C(C)C(F)(F)F. The van der Waals surface area contributed by atoms with Crippen LogP contribution in [0, 0.1) is 0 Å². The van der Waals surface area contributed by atoms with Crippen LogP contribution in [0.3, 0.4) is 0 Å². The van der Waals surface area contributed by atoms with E-state index in [1.807, 2.05) is 13.8 Å². The van der Waals surface area contributed by atoms with Gasteiger partial charge in [-0.3, -0.25) is 0 Å². The van der Waals surface area contributed by atoms with Crippen LogP contribution in [0.15, 0.2) is 11.1 Å². The number of rotatable bonds is 0. The third kappa shape index (κ3) is 5.95. The molecule has 0 saturated heterocycles. The molecule has 0 spiro atoms. The Morgan fingerprint density at radius 1 is 0.909 bits per heavy atom.